The SMILES string of the molecule is O=C(Cn1c2c(sc1=O)[C@@H](c1ccc(Cl)cc1)[C@@H]1C(=O)N(c3ccc(Br)cc3)C(=O)[C@@H]1S2)Nc1ccccc1. The van der Waals surface area contributed by atoms with E-state index in [0.717, 1.165) is 21.4 Å². The Morgan fingerprint density at radius 1 is 0.923 bits per heavy atom. The third-order valence-electron chi connectivity index (χ3n) is 6.72. The van der Waals surface area contributed by atoms with E-state index in [1.54, 1.807) is 60.7 Å². The Kier molecular flexibility index (Phi) is 6.96. The number of amides is 3. The van der Waals surface area contributed by atoms with E-state index < -0.39 is 17.1 Å². The molecule has 3 heterocycles. The minimum Gasteiger partial charge on any atom is -0.325 e. The molecule has 7 nitrogen and oxygen atoms in total. The van der Waals surface area contributed by atoms with Gasteiger partial charge in [0.05, 0.1) is 16.6 Å². The molecular weight excluding hydrogens is 622 g/mol. The number of thioether (sulfide) groups is 1. The quantitative estimate of drug-likeness (QED) is 0.280. The van der Waals surface area contributed by atoms with Crippen LogP contribution in [0.5, 0.6) is 0 Å². The van der Waals surface area contributed by atoms with E-state index in [-0.39, 0.29) is 29.1 Å². The van der Waals surface area contributed by atoms with Crippen molar-refractivity contribution in [2.24, 2.45) is 5.92 Å². The molecule has 2 aliphatic rings. The third-order valence-corrected chi connectivity index (χ3v) is 10.1. The van der Waals surface area contributed by atoms with Crippen molar-refractivity contribution < 1.29 is 14.4 Å². The Morgan fingerprint density at radius 3 is 2.31 bits per heavy atom. The molecule has 0 saturated carbocycles. The molecule has 1 N–H and O–H groups in total. The van der Waals surface area contributed by atoms with Crippen LogP contribution in [-0.2, 0) is 20.9 Å². The monoisotopic (exact) mass is 639 g/mol. The van der Waals surface area contributed by atoms with Crippen LogP contribution in [0.15, 0.2) is 93.2 Å². The van der Waals surface area contributed by atoms with Crippen LogP contribution in [0.2, 0.25) is 5.02 Å². The number of hydrogen-bond donors (Lipinski definition) is 1. The van der Waals surface area contributed by atoms with Crippen LogP contribution in [-0.4, -0.2) is 27.5 Å². The largest absolute Gasteiger partial charge is 0.325 e. The molecule has 0 radical (unpaired) electrons. The summed E-state index contributed by atoms with van der Waals surface area (Å²) in [7, 11) is 0. The van der Waals surface area contributed by atoms with Gasteiger partial charge in [-0.1, -0.05) is 81.0 Å². The van der Waals surface area contributed by atoms with E-state index in [2.05, 4.69) is 21.2 Å². The molecule has 11 heteroatoms. The zero-order chi connectivity index (χ0) is 27.3. The highest BCUT2D eigenvalue weighted by molar-refractivity contribution is 9.10. The first-order valence-electron chi connectivity index (χ1n) is 12.0. The standard InChI is InChI=1S/C28H19BrClN3O4S2/c29-16-8-12-19(13-9-16)33-25(35)22-21(15-6-10-17(30)11-7-15)24-27(38-23(22)26(33)36)32(28(37)39-24)14-20(34)31-18-4-2-1-3-5-18/h1-13,21-23H,14H2,(H,31,34)/t21-,22-,23+/m0/s1. The van der Waals surface area contributed by atoms with Crippen LogP contribution in [0.25, 0.3) is 0 Å². The van der Waals surface area contributed by atoms with Crippen LogP contribution in [0.1, 0.15) is 16.4 Å². The summed E-state index contributed by atoms with van der Waals surface area (Å²) in [6, 6.07) is 23.1. The van der Waals surface area contributed by atoms with Gasteiger partial charge >= 0.3 is 4.87 Å². The van der Waals surface area contributed by atoms with Crippen molar-refractivity contribution in [1.29, 1.82) is 0 Å². The van der Waals surface area contributed by atoms with Gasteiger partial charge in [0.15, 0.2) is 0 Å². The molecule has 0 bridgehead atoms. The number of para-hydroxylation sites is 1. The highest BCUT2D eigenvalue weighted by Crippen LogP contribution is 2.54. The first-order chi connectivity index (χ1) is 18.8. The van der Waals surface area contributed by atoms with Crippen LogP contribution < -0.4 is 15.1 Å². The number of nitrogens with one attached hydrogen (secondary N) is 1. The summed E-state index contributed by atoms with van der Waals surface area (Å²) in [4.78, 5) is 55.3. The van der Waals surface area contributed by atoms with E-state index in [9.17, 15) is 19.2 Å². The summed E-state index contributed by atoms with van der Waals surface area (Å²) < 4.78 is 2.23. The number of fused-ring (bicyclic) bond motifs is 2. The summed E-state index contributed by atoms with van der Waals surface area (Å²) in [5.41, 5.74) is 1.88. The van der Waals surface area contributed by atoms with Gasteiger partial charge in [-0.2, -0.15) is 0 Å². The molecule has 6 rings (SSSR count). The molecule has 1 aromatic heterocycles. The van der Waals surface area contributed by atoms with Crippen molar-refractivity contribution in [2.75, 3.05) is 10.2 Å². The molecule has 2 aliphatic heterocycles. The molecule has 1 saturated heterocycles. The van der Waals surface area contributed by atoms with Gasteiger partial charge in [-0.3, -0.25) is 23.7 Å². The summed E-state index contributed by atoms with van der Waals surface area (Å²) >= 11 is 11.7. The smallest absolute Gasteiger partial charge is 0.308 e. The molecule has 3 aromatic carbocycles. The summed E-state index contributed by atoms with van der Waals surface area (Å²) in [6.07, 6.45) is 0. The fourth-order valence-electron chi connectivity index (χ4n) is 4.99. The van der Waals surface area contributed by atoms with Gasteiger partial charge in [0.1, 0.15) is 11.8 Å². The number of benzene rings is 3. The first kappa shape index (κ1) is 26.1. The Balaban J connectivity index is 1.42. The van der Waals surface area contributed by atoms with Crippen molar-refractivity contribution in [3.63, 3.8) is 0 Å². The van der Waals surface area contributed by atoms with Gasteiger partial charge in [0.2, 0.25) is 17.7 Å². The van der Waals surface area contributed by atoms with Crippen molar-refractivity contribution in [1.82, 2.24) is 4.57 Å². The Bertz CT molecular complexity index is 1660. The summed E-state index contributed by atoms with van der Waals surface area (Å²) in [5.74, 6) is -2.29. The second-order valence-corrected chi connectivity index (χ2v) is 12.6. The summed E-state index contributed by atoms with van der Waals surface area (Å²) in [5, 5.41) is 3.12. The number of anilines is 2. The number of rotatable bonds is 5. The number of thiazole rings is 1. The molecule has 4 aromatic rings. The van der Waals surface area contributed by atoms with E-state index in [1.807, 2.05) is 18.2 Å². The van der Waals surface area contributed by atoms with Crippen molar-refractivity contribution in [3.8, 4) is 0 Å². The van der Waals surface area contributed by atoms with Gasteiger partial charge in [-0.15, -0.1) is 0 Å². The summed E-state index contributed by atoms with van der Waals surface area (Å²) in [6.45, 7) is -0.212. The Labute approximate surface area is 244 Å². The van der Waals surface area contributed by atoms with Crippen LogP contribution in [0, 0.1) is 5.92 Å². The van der Waals surface area contributed by atoms with Gasteiger partial charge in [-0.25, -0.2) is 4.90 Å². The number of carbonyl (C=O) groups excluding carboxylic acids is 3. The van der Waals surface area contributed by atoms with Gasteiger partial charge in [0, 0.05) is 26.0 Å². The topological polar surface area (TPSA) is 88.5 Å². The zero-order valence-electron chi connectivity index (χ0n) is 20.0. The second-order valence-electron chi connectivity index (χ2n) is 9.12. The lowest BCUT2D eigenvalue weighted by Gasteiger charge is -2.30. The molecule has 0 unspecified atom stereocenters. The van der Waals surface area contributed by atoms with Gasteiger partial charge in [-0.05, 0) is 54.1 Å². The number of aromatic nitrogens is 1. The lowest BCUT2D eigenvalue weighted by molar-refractivity contribution is -0.122. The number of imide groups is 1. The predicted molar refractivity (Wildman–Crippen MR) is 157 cm³/mol. The molecule has 196 valence electrons. The van der Waals surface area contributed by atoms with Crippen molar-refractivity contribution in [3.05, 3.63) is 108 Å². The molecular formula is C28H19BrClN3O4S2. The van der Waals surface area contributed by atoms with Gasteiger partial charge in [0.25, 0.3) is 0 Å². The minimum atomic E-state index is -0.758. The molecule has 0 spiro atoms. The first-order valence-corrected chi connectivity index (χ1v) is 14.8. The average molecular weight is 641 g/mol. The fraction of sp³-hybridized carbons (Fsp3) is 0.143. The van der Waals surface area contributed by atoms with Crippen molar-refractivity contribution in [2.45, 2.75) is 22.7 Å². The van der Waals surface area contributed by atoms with Crippen LogP contribution >= 0.6 is 50.6 Å². The molecule has 1 fully saturated rings. The lowest BCUT2D eigenvalue weighted by atomic mass is 9.83. The third kappa shape index (κ3) is 4.75. The molecule has 39 heavy (non-hydrogen) atoms. The normalized spacial score (nSPS) is 20.1. The van der Waals surface area contributed by atoms with E-state index in [1.165, 1.54) is 21.2 Å². The average Bonchev–Trinajstić information content (AvgIpc) is 3.36. The molecule has 0 aliphatic carbocycles. The second kappa shape index (κ2) is 10.4. The van der Waals surface area contributed by atoms with Crippen LogP contribution in [0.4, 0.5) is 11.4 Å². The maximum absolute atomic E-state index is 13.9. The maximum Gasteiger partial charge on any atom is 0.308 e. The van der Waals surface area contributed by atoms with Gasteiger partial charge < -0.3 is 5.32 Å². The van der Waals surface area contributed by atoms with Crippen LogP contribution in [0.3, 0.4) is 0 Å². The Hall–Kier alpha value is -3.18. The maximum atomic E-state index is 13.9. The lowest BCUT2D eigenvalue weighted by Crippen LogP contribution is -2.33. The highest BCUT2D eigenvalue weighted by atomic mass is 79.9. The van der Waals surface area contributed by atoms with Crippen molar-refractivity contribution >= 4 is 79.7 Å². The minimum absolute atomic E-state index is 0.212. The predicted octanol–water partition coefficient (Wildman–Crippen LogP) is 5.76. The van der Waals surface area contributed by atoms with E-state index in [0.29, 0.717) is 26.3 Å². The Morgan fingerprint density at radius 2 is 1.62 bits per heavy atom. The fourth-order valence-corrected chi connectivity index (χ4v) is 8.16. The highest BCUT2D eigenvalue weighted by Gasteiger charge is 2.56. The molecule has 3 amide bonds. The molecule has 3 atom stereocenters. The van der Waals surface area contributed by atoms with E-state index in [4.69, 9.17) is 11.6 Å². The number of hydrogen-bond acceptors (Lipinski definition) is 6. The number of halogens is 2. The number of nitrogens with zero attached hydrogens (tertiary/aromatic N) is 2. The zero-order valence-corrected chi connectivity index (χ0v) is 24.0. The van der Waals surface area contributed by atoms with E-state index >= 15 is 0 Å². The number of carbonyl (C=O) groups is 3.